The number of carboxylic acid groups (broad SMARTS) is 2. The molecule has 6 bridgehead atoms. The maximum atomic E-state index is 12.4. The maximum Gasteiger partial charge on any atom is 0.321 e. The van der Waals surface area contributed by atoms with E-state index in [9.17, 15) is 34.8 Å². The summed E-state index contributed by atoms with van der Waals surface area (Å²) in [7, 11) is 0. The second-order valence-electron chi connectivity index (χ2n) is 38.0. The highest BCUT2D eigenvalue weighted by Gasteiger charge is 2.71. The number of allylic oxidation sites excluding steroid dienone is 3. The second-order valence-corrected chi connectivity index (χ2v) is 38.0. The Morgan fingerprint density at radius 2 is 0.807 bits per heavy atom. The number of β-amino-alcohol motifs (C(OH)–C–C–N with tert-alkyl or cyclic N) is 2. The number of aliphatic carboxylic acids is 2. The summed E-state index contributed by atoms with van der Waals surface area (Å²) < 4.78 is 22.0. The van der Waals surface area contributed by atoms with Crippen LogP contribution in [0.4, 0.5) is 0 Å². The van der Waals surface area contributed by atoms with E-state index in [-0.39, 0.29) is 61.9 Å². The number of carbonyl (C=O) groups excluding carboxylic acids is 1. The number of aliphatic hydroxyl groups excluding tert-OH is 2. The molecule has 3 unspecified atom stereocenters. The monoisotopic (exact) mass is 1460 g/mol. The van der Waals surface area contributed by atoms with Gasteiger partial charge in [-0.05, 0) is 296 Å². The molecule has 21 atom stereocenters. The van der Waals surface area contributed by atoms with Gasteiger partial charge >= 0.3 is 11.9 Å². The van der Waals surface area contributed by atoms with Crippen molar-refractivity contribution in [3.8, 4) is 0 Å². The summed E-state index contributed by atoms with van der Waals surface area (Å²) in [6.45, 7) is 8.42. The molecule has 5 saturated heterocycles. The highest BCUT2D eigenvalue weighted by atomic mass is 16.5. The van der Waals surface area contributed by atoms with Crippen molar-refractivity contribution in [2.45, 2.75) is 275 Å². The number of pyridine rings is 3. The minimum Gasteiger partial charge on any atom is -0.480 e. The van der Waals surface area contributed by atoms with Gasteiger partial charge in [0, 0.05) is 104 Å². The van der Waals surface area contributed by atoms with Gasteiger partial charge in [0.25, 0.3) is 0 Å². The van der Waals surface area contributed by atoms with E-state index in [0.717, 1.165) is 103 Å². The van der Waals surface area contributed by atoms with E-state index in [1.807, 2.05) is 37.2 Å². The van der Waals surface area contributed by atoms with Gasteiger partial charge in [-0.25, -0.2) is 0 Å². The molecular weight excluding hydrogens is 1360 g/mol. The summed E-state index contributed by atoms with van der Waals surface area (Å²) >= 11 is 0. The third-order valence-electron chi connectivity index (χ3n) is 33.2. The molecule has 0 radical (unpaired) electrons. The van der Waals surface area contributed by atoms with Crippen LogP contribution in [0.3, 0.4) is 0 Å². The lowest BCUT2D eigenvalue weighted by Gasteiger charge is -2.55. The molecule has 109 heavy (non-hydrogen) atoms. The zero-order chi connectivity index (χ0) is 74.0. The molecule has 6 spiro atoms. The van der Waals surface area contributed by atoms with Gasteiger partial charge in [-0.15, -0.1) is 0 Å². The van der Waals surface area contributed by atoms with Gasteiger partial charge in [0.05, 0.1) is 45.8 Å². The fraction of sp³-hybridized carbons (Fsp3) is 0.553. The van der Waals surface area contributed by atoms with E-state index >= 15 is 0 Å². The first-order chi connectivity index (χ1) is 52.6. The third-order valence-corrected chi connectivity index (χ3v) is 33.2. The first-order valence-corrected chi connectivity index (χ1v) is 41.9. The van der Waals surface area contributed by atoms with E-state index in [1.54, 1.807) is 0 Å². The lowest BCUT2D eigenvalue weighted by Crippen LogP contribution is -2.56. The van der Waals surface area contributed by atoms with Crippen LogP contribution in [0.15, 0.2) is 180 Å². The Labute approximate surface area is 639 Å². The van der Waals surface area contributed by atoms with Crippen LogP contribution in [0, 0.1) is 34.0 Å². The molecule has 3 aromatic heterocycles. The Bertz CT molecular complexity index is 4820. The van der Waals surface area contributed by atoms with Gasteiger partial charge in [-0.2, -0.15) is 0 Å². The van der Waals surface area contributed by atoms with Gasteiger partial charge in [0.1, 0.15) is 17.9 Å². The summed E-state index contributed by atoms with van der Waals surface area (Å²) in [6, 6.07) is 26.2. The Morgan fingerprint density at radius 3 is 1.19 bits per heavy atom. The Hall–Kier alpha value is -7.34. The van der Waals surface area contributed by atoms with Crippen LogP contribution in [-0.2, 0) is 28.6 Å². The summed E-state index contributed by atoms with van der Waals surface area (Å²) in [5, 5.41) is 47.7. The van der Waals surface area contributed by atoms with E-state index < -0.39 is 36.2 Å². The number of likely N-dealkylation sites (tertiary alicyclic amines) is 2. The van der Waals surface area contributed by atoms with Crippen molar-refractivity contribution in [3.05, 3.63) is 197 Å². The minimum atomic E-state index is -0.812. The van der Waals surface area contributed by atoms with E-state index in [2.05, 4.69) is 155 Å². The predicted molar refractivity (Wildman–Crippen MR) is 417 cm³/mol. The lowest BCUT2D eigenvalue weighted by molar-refractivity contribution is -0.150. The minimum absolute atomic E-state index is 0.137. The van der Waals surface area contributed by atoms with Gasteiger partial charge in [0.2, 0.25) is 0 Å². The Balaban J connectivity index is 0.000000105. The van der Waals surface area contributed by atoms with Crippen LogP contribution < -0.4 is 0 Å². The Kier molecular flexibility index (Phi) is 15.9. The molecule has 566 valence electrons. The first kappa shape index (κ1) is 69.6. The number of benzene rings is 3. The molecular formula is C94H105N5O10. The standard InChI is InChI=1S/2C33H38N2O4.C28H29NO2/c2*1-31-10-8-24-15-23-4-5-25(35-19-26(36)16-28(35)30(37)38)17-32(23)11-12-33(24,39-32)29(31)7-6-27(31)21-3-2-20-9-13-34-18-22(20)14-21;1-26-10-8-22-15-21-4-5-23(30)16-27(21)11-12-28(22,31-27)25(26)7-6-24(26)19-3-2-18-9-13-29-17-20(18)14-19/h2*2-3,8-9,13-15,18,25-29,36H,4-7,10-12,16-17,19H2,1H3,(H,37,38);2-3,8-9,13-15,17,24-25H,4-7,10-12,16H2,1H3/t25-,26+,27+,28-,29+,31+,32+,33?;25-,26-,27-,28+,29-,31-,32-,33?;24-,25-,26-,27-,28?/m011/s1. The van der Waals surface area contributed by atoms with Crippen molar-refractivity contribution in [2.24, 2.45) is 34.0 Å². The van der Waals surface area contributed by atoms with Gasteiger partial charge in [-0.1, -0.05) is 93.6 Å². The van der Waals surface area contributed by atoms with Crippen molar-refractivity contribution >= 4 is 50.0 Å². The first-order valence-electron chi connectivity index (χ1n) is 41.9. The van der Waals surface area contributed by atoms with Crippen molar-refractivity contribution < 1.29 is 49.0 Å². The summed E-state index contributed by atoms with van der Waals surface area (Å²) in [4.78, 5) is 53.6. The smallest absolute Gasteiger partial charge is 0.321 e. The molecule has 17 aliphatic rings. The SMILES string of the molecule is C[C@]12CC=C3C=C4CCC(=O)C[C@]45CCC3(O5)[C@@H]1CC[C@@H]2c1ccc2ccncc2c1.C[C@]12CC=C3C=C4CC[C@@H](N5C[C@H](O)C[C@H]5C(=O)O)C[C@]45CCC3(O5)[C@@H]1CC[C@@H]2c1ccc2ccncc2c1.C[C@]12CC=C3C=C4CC[C@H](N5C[C@H](O)C[C@H]5C(=O)O)C[C@]45CCC3(O5)[C@@H]1CC[C@@H]2c1ccc2ccncc2c1. The number of carbonyl (C=O) groups is 3. The topological polar surface area (TPSA) is 205 Å². The Morgan fingerprint density at radius 1 is 0.440 bits per heavy atom. The molecule has 9 aliphatic carbocycles. The second kappa shape index (κ2) is 24.8. The number of hydrogen-bond donors (Lipinski definition) is 4. The molecule has 4 N–H and O–H groups in total. The molecule has 15 nitrogen and oxygen atoms in total. The molecule has 11 fully saturated rings. The van der Waals surface area contributed by atoms with Crippen LogP contribution in [0.2, 0.25) is 0 Å². The molecule has 6 saturated carbocycles. The van der Waals surface area contributed by atoms with Gasteiger partial charge in [0.15, 0.2) is 0 Å². The maximum absolute atomic E-state index is 12.4. The average molecular weight is 1460 g/mol. The average Bonchev–Trinajstić information content (AvgIpc) is 1.54. The number of ether oxygens (including phenoxy) is 3. The quantitative estimate of drug-likeness (QED) is 0.117. The molecule has 15 heteroatoms. The number of nitrogens with zero attached hydrogens (tertiary/aromatic N) is 5. The largest absolute Gasteiger partial charge is 0.480 e. The fourth-order valence-corrected chi connectivity index (χ4v) is 28.1. The summed E-state index contributed by atoms with van der Waals surface area (Å²) in [5.41, 5.74) is 11.7. The van der Waals surface area contributed by atoms with E-state index in [0.29, 0.717) is 80.1 Å². The number of rotatable bonds is 7. The van der Waals surface area contributed by atoms with Crippen molar-refractivity contribution in [1.82, 2.24) is 24.8 Å². The number of ketones is 1. The highest BCUT2D eigenvalue weighted by Crippen LogP contribution is 2.73. The van der Waals surface area contributed by atoms with Crippen molar-refractivity contribution in [1.29, 1.82) is 0 Å². The number of Topliss-reactive ketones (excluding diaryl/α,β-unsaturated/α-hetero) is 1. The number of fused-ring (bicyclic) bond motifs is 6. The van der Waals surface area contributed by atoms with Crippen molar-refractivity contribution in [2.75, 3.05) is 13.1 Å². The molecule has 0 amide bonds. The highest BCUT2D eigenvalue weighted by molar-refractivity contribution is 5.85. The molecule has 11 heterocycles. The normalized spacial score (nSPS) is 42.3. The summed E-state index contributed by atoms with van der Waals surface area (Å²) in [6.07, 6.45) is 50.3. The molecule has 3 aromatic carbocycles. The number of aliphatic hydroxyl groups is 2. The molecule has 8 aliphatic heterocycles. The van der Waals surface area contributed by atoms with E-state index in [4.69, 9.17) is 14.2 Å². The van der Waals surface area contributed by atoms with Crippen LogP contribution in [-0.4, -0.2) is 146 Å². The zero-order valence-corrected chi connectivity index (χ0v) is 63.6. The number of aromatic nitrogens is 3. The molecule has 23 rings (SSSR count). The summed E-state index contributed by atoms with van der Waals surface area (Å²) in [5.74, 6) is 1.73. The van der Waals surface area contributed by atoms with Crippen LogP contribution in [0.5, 0.6) is 0 Å². The number of hydrogen-bond acceptors (Lipinski definition) is 13. The molecule has 6 aromatic rings. The lowest BCUT2D eigenvalue weighted by atomic mass is 9.58. The van der Waals surface area contributed by atoms with Gasteiger partial charge in [-0.3, -0.25) is 39.1 Å². The van der Waals surface area contributed by atoms with Crippen LogP contribution in [0.1, 0.15) is 222 Å². The van der Waals surface area contributed by atoms with Gasteiger partial charge < -0.3 is 34.6 Å². The third kappa shape index (κ3) is 10.3. The van der Waals surface area contributed by atoms with Crippen LogP contribution in [0.25, 0.3) is 32.3 Å². The number of carboxylic acids is 2. The van der Waals surface area contributed by atoms with Crippen LogP contribution >= 0.6 is 0 Å². The van der Waals surface area contributed by atoms with Crippen molar-refractivity contribution in [3.63, 3.8) is 0 Å². The predicted octanol–water partition coefficient (Wildman–Crippen LogP) is 16.8. The van der Waals surface area contributed by atoms with E-state index in [1.165, 1.54) is 121 Å². The fourth-order valence-electron chi connectivity index (χ4n) is 28.1. The zero-order valence-electron chi connectivity index (χ0n) is 63.6.